The summed E-state index contributed by atoms with van der Waals surface area (Å²) in [5.41, 5.74) is 6.49. The van der Waals surface area contributed by atoms with Gasteiger partial charge in [-0.3, -0.25) is 9.59 Å². The summed E-state index contributed by atoms with van der Waals surface area (Å²) >= 11 is 0. The van der Waals surface area contributed by atoms with Gasteiger partial charge in [-0.05, 0) is 65.6 Å². The molecule has 2 aromatic carbocycles. The van der Waals surface area contributed by atoms with Crippen molar-refractivity contribution in [1.82, 2.24) is 10.3 Å². The lowest BCUT2D eigenvalue weighted by molar-refractivity contribution is -0.134. The summed E-state index contributed by atoms with van der Waals surface area (Å²) in [7, 11) is 0. The Morgan fingerprint density at radius 3 is 2.21 bits per heavy atom. The van der Waals surface area contributed by atoms with Crippen molar-refractivity contribution in [2.45, 2.75) is 58.6 Å². The Balaban J connectivity index is 0.000000709. The number of hydrogen-bond donors (Lipinski definition) is 5. The standard InChI is InChI=1S/C24H28N2O3.C2H4O2/c1-3-14-9-16-11-18(12-17(16)10-15(14)4-2)25-13-22(28)19-5-7-21(27)24-20(19)6-8-23(29)26-24;1-2(3)4/h5-10,18,22,25,27-28H,3-4,11-13H2,1-2H3,(H,26,29);1H3,(H,3,4)/t22-;/m0./s1. The van der Waals surface area contributed by atoms with Gasteiger partial charge in [-0.25, -0.2) is 0 Å². The number of H-pyrrole nitrogens is 1. The molecule has 1 atom stereocenters. The van der Waals surface area contributed by atoms with E-state index in [1.807, 2.05) is 0 Å². The average Bonchev–Trinajstić information content (AvgIpc) is 3.18. The maximum Gasteiger partial charge on any atom is 0.300 e. The number of rotatable bonds is 6. The minimum atomic E-state index is -0.833. The highest BCUT2D eigenvalue weighted by Gasteiger charge is 2.24. The molecule has 5 N–H and O–H groups in total. The van der Waals surface area contributed by atoms with E-state index in [1.54, 1.807) is 12.1 Å². The third-order valence-electron chi connectivity index (χ3n) is 6.08. The van der Waals surface area contributed by atoms with Crippen LogP contribution in [-0.4, -0.2) is 38.9 Å². The van der Waals surface area contributed by atoms with E-state index >= 15 is 0 Å². The molecule has 1 aliphatic carbocycles. The summed E-state index contributed by atoms with van der Waals surface area (Å²) in [6.45, 7) is 5.91. The number of phenolic OH excluding ortho intramolecular Hbond substituents is 1. The van der Waals surface area contributed by atoms with Crippen molar-refractivity contribution in [2.24, 2.45) is 0 Å². The predicted molar refractivity (Wildman–Crippen MR) is 129 cm³/mol. The second-order valence-corrected chi connectivity index (χ2v) is 8.43. The number of aromatic amines is 1. The van der Waals surface area contributed by atoms with Gasteiger partial charge in [0.05, 0.1) is 11.6 Å². The van der Waals surface area contributed by atoms with Crippen LogP contribution in [0.2, 0.25) is 0 Å². The van der Waals surface area contributed by atoms with Crippen LogP contribution >= 0.6 is 0 Å². The summed E-state index contributed by atoms with van der Waals surface area (Å²) in [5.74, 6) is -0.827. The molecule has 7 heteroatoms. The number of carboxylic acid groups (broad SMARTS) is 1. The van der Waals surface area contributed by atoms with Crippen LogP contribution in [0, 0.1) is 0 Å². The van der Waals surface area contributed by atoms with Crippen molar-refractivity contribution >= 4 is 16.9 Å². The molecular weight excluding hydrogens is 420 g/mol. The zero-order valence-electron chi connectivity index (χ0n) is 19.3. The fourth-order valence-electron chi connectivity index (χ4n) is 4.51. The Kier molecular flexibility index (Phi) is 7.89. The minimum Gasteiger partial charge on any atom is -0.506 e. The number of nitrogens with one attached hydrogen (secondary N) is 2. The van der Waals surface area contributed by atoms with Crippen LogP contribution in [0.1, 0.15) is 54.7 Å². The number of aliphatic carboxylic acids is 1. The van der Waals surface area contributed by atoms with Crippen LogP contribution in [0.25, 0.3) is 10.9 Å². The van der Waals surface area contributed by atoms with Gasteiger partial charge in [-0.15, -0.1) is 0 Å². The predicted octanol–water partition coefficient (Wildman–Crippen LogP) is 3.24. The van der Waals surface area contributed by atoms with E-state index < -0.39 is 12.1 Å². The van der Waals surface area contributed by atoms with E-state index in [4.69, 9.17) is 9.90 Å². The topological polar surface area (TPSA) is 123 Å². The highest BCUT2D eigenvalue weighted by Crippen LogP contribution is 2.30. The number of pyridine rings is 1. The van der Waals surface area contributed by atoms with Crippen molar-refractivity contribution in [3.63, 3.8) is 0 Å². The number of carboxylic acids is 1. The lowest BCUT2D eigenvalue weighted by atomic mass is 9.97. The number of aliphatic hydroxyl groups is 1. The van der Waals surface area contributed by atoms with E-state index in [9.17, 15) is 15.0 Å². The first-order chi connectivity index (χ1) is 15.7. The van der Waals surface area contributed by atoms with E-state index in [-0.39, 0.29) is 11.3 Å². The van der Waals surface area contributed by atoms with Crippen molar-refractivity contribution in [1.29, 1.82) is 0 Å². The molecule has 4 rings (SSSR count). The van der Waals surface area contributed by atoms with Crippen LogP contribution in [-0.2, 0) is 30.5 Å². The summed E-state index contributed by atoms with van der Waals surface area (Å²) < 4.78 is 0. The van der Waals surface area contributed by atoms with Crippen LogP contribution in [0.5, 0.6) is 5.75 Å². The van der Waals surface area contributed by atoms with E-state index in [2.05, 4.69) is 36.3 Å². The van der Waals surface area contributed by atoms with Gasteiger partial charge in [-0.1, -0.05) is 32.0 Å². The molecule has 1 aliphatic rings. The highest BCUT2D eigenvalue weighted by molar-refractivity contribution is 5.87. The molecular formula is C26H32N2O5. The smallest absolute Gasteiger partial charge is 0.300 e. The molecule has 1 heterocycles. The lowest BCUT2D eigenvalue weighted by Crippen LogP contribution is -2.33. The van der Waals surface area contributed by atoms with E-state index in [0.717, 1.165) is 32.6 Å². The maximum atomic E-state index is 11.6. The quantitative estimate of drug-likeness (QED) is 0.391. The second-order valence-electron chi connectivity index (χ2n) is 8.43. The molecule has 0 fully saturated rings. The normalized spacial score (nSPS) is 13.9. The van der Waals surface area contributed by atoms with Gasteiger partial charge in [-0.2, -0.15) is 0 Å². The van der Waals surface area contributed by atoms with Gasteiger partial charge in [0.2, 0.25) is 5.56 Å². The van der Waals surface area contributed by atoms with Crippen molar-refractivity contribution in [2.75, 3.05) is 6.54 Å². The highest BCUT2D eigenvalue weighted by atomic mass is 16.4. The molecule has 1 aromatic heterocycles. The number of aromatic nitrogens is 1. The Labute approximate surface area is 193 Å². The molecule has 0 aliphatic heterocycles. The third kappa shape index (κ3) is 5.80. The molecule has 0 spiro atoms. The number of aromatic hydroxyl groups is 1. The fourth-order valence-corrected chi connectivity index (χ4v) is 4.51. The Bertz CT molecular complexity index is 1160. The lowest BCUT2D eigenvalue weighted by Gasteiger charge is -2.18. The van der Waals surface area contributed by atoms with Gasteiger partial charge in [0.25, 0.3) is 5.97 Å². The minimum absolute atomic E-state index is 0.00584. The summed E-state index contributed by atoms with van der Waals surface area (Å²) in [5, 5.41) is 32.4. The van der Waals surface area contributed by atoms with Crippen molar-refractivity contribution in [3.05, 3.63) is 74.6 Å². The van der Waals surface area contributed by atoms with Gasteiger partial charge in [0, 0.05) is 31.0 Å². The molecule has 176 valence electrons. The zero-order valence-corrected chi connectivity index (χ0v) is 19.3. The number of phenols is 1. The van der Waals surface area contributed by atoms with Gasteiger partial charge in [0.15, 0.2) is 0 Å². The van der Waals surface area contributed by atoms with Gasteiger partial charge < -0.3 is 25.6 Å². The Morgan fingerprint density at radius 1 is 1.09 bits per heavy atom. The first-order valence-electron chi connectivity index (χ1n) is 11.3. The number of carbonyl (C=O) groups is 1. The molecule has 0 bridgehead atoms. The molecule has 7 nitrogen and oxygen atoms in total. The number of aryl methyl sites for hydroxylation is 2. The summed E-state index contributed by atoms with van der Waals surface area (Å²) in [6, 6.07) is 11.3. The van der Waals surface area contributed by atoms with Crippen molar-refractivity contribution in [3.8, 4) is 5.75 Å². The number of aliphatic hydroxyl groups excluding tert-OH is 1. The zero-order chi connectivity index (χ0) is 24.1. The largest absolute Gasteiger partial charge is 0.506 e. The molecule has 0 saturated heterocycles. The van der Waals surface area contributed by atoms with Crippen LogP contribution in [0.3, 0.4) is 0 Å². The molecule has 0 saturated carbocycles. The molecule has 0 amide bonds. The summed E-state index contributed by atoms with van der Waals surface area (Å²) in [6.07, 6.45) is 3.34. The Morgan fingerprint density at radius 2 is 1.67 bits per heavy atom. The van der Waals surface area contributed by atoms with E-state index in [1.165, 1.54) is 34.4 Å². The fraction of sp³-hybridized carbons (Fsp3) is 0.385. The van der Waals surface area contributed by atoms with Crippen molar-refractivity contribution < 1.29 is 20.1 Å². The SMILES string of the molecule is CC(=O)O.CCc1cc2c(cc1CC)CC(NC[C@H](O)c1ccc(O)c3[nH]c(=O)ccc13)C2. The molecule has 0 radical (unpaired) electrons. The van der Waals surface area contributed by atoms with Gasteiger partial charge >= 0.3 is 0 Å². The summed E-state index contributed by atoms with van der Waals surface area (Å²) in [4.78, 5) is 23.2. The first-order valence-corrected chi connectivity index (χ1v) is 11.3. The van der Waals surface area contributed by atoms with E-state index in [0.29, 0.717) is 29.1 Å². The molecule has 0 unspecified atom stereocenters. The number of hydrogen-bond acceptors (Lipinski definition) is 5. The van der Waals surface area contributed by atoms with Crippen LogP contribution < -0.4 is 10.9 Å². The van der Waals surface area contributed by atoms with Gasteiger partial charge in [0.1, 0.15) is 5.75 Å². The number of benzene rings is 2. The number of fused-ring (bicyclic) bond motifs is 2. The Hall–Kier alpha value is -3.16. The second kappa shape index (κ2) is 10.6. The molecule has 33 heavy (non-hydrogen) atoms. The van der Waals surface area contributed by atoms with Crippen LogP contribution in [0.4, 0.5) is 0 Å². The molecule has 3 aromatic rings. The first kappa shape index (κ1) is 24.5. The third-order valence-corrected chi connectivity index (χ3v) is 6.08. The van der Waals surface area contributed by atoms with Crippen LogP contribution in [0.15, 0.2) is 41.2 Å². The average molecular weight is 453 g/mol. The maximum absolute atomic E-state index is 11.6. The monoisotopic (exact) mass is 452 g/mol.